The molecule has 2 aromatic heterocycles. The number of aryl methyl sites for hydroxylation is 2. The van der Waals surface area contributed by atoms with E-state index in [1.54, 1.807) is 4.57 Å². The Morgan fingerprint density at radius 1 is 1.29 bits per heavy atom. The molecular formula is C21H26N4O2S. The number of fused-ring (bicyclic) bond motifs is 1. The number of thioether (sulfide) groups is 1. The summed E-state index contributed by atoms with van der Waals surface area (Å²) in [5.41, 5.74) is 3.84. The molecule has 0 radical (unpaired) electrons. The van der Waals surface area contributed by atoms with Gasteiger partial charge in [0.1, 0.15) is 5.52 Å². The average Bonchev–Trinajstić information content (AvgIpc) is 3.00. The number of hydrogen-bond acceptors (Lipinski definition) is 4. The lowest BCUT2D eigenvalue weighted by Crippen LogP contribution is -2.25. The molecule has 0 fully saturated rings. The Bertz CT molecular complexity index is 1050. The summed E-state index contributed by atoms with van der Waals surface area (Å²) >= 11 is 1.29. The first-order valence-corrected chi connectivity index (χ1v) is 10.4. The number of aromatic amines is 1. The van der Waals surface area contributed by atoms with Crippen molar-refractivity contribution < 1.29 is 4.79 Å². The Kier molecular flexibility index (Phi) is 6.24. The van der Waals surface area contributed by atoms with Gasteiger partial charge in [-0.15, -0.1) is 0 Å². The van der Waals surface area contributed by atoms with Gasteiger partial charge in [0.05, 0.1) is 11.3 Å². The van der Waals surface area contributed by atoms with Gasteiger partial charge in [0, 0.05) is 17.9 Å². The van der Waals surface area contributed by atoms with Crippen LogP contribution in [0.2, 0.25) is 0 Å². The van der Waals surface area contributed by atoms with Crippen LogP contribution in [0, 0.1) is 19.8 Å². The summed E-state index contributed by atoms with van der Waals surface area (Å²) in [6.45, 7) is 8.71. The first-order chi connectivity index (χ1) is 13.3. The molecule has 6 nitrogen and oxygen atoms in total. The van der Waals surface area contributed by atoms with Crippen molar-refractivity contribution in [1.29, 1.82) is 0 Å². The van der Waals surface area contributed by atoms with Gasteiger partial charge in [-0.05, 0) is 49.9 Å². The van der Waals surface area contributed by atoms with E-state index in [1.807, 2.05) is 44.2 Å². The van der Waals surface area contributed by atoms with Gasteiger partial charge >= 0.3 is 0 Å². The Hall–Kier alpha value is -2.54. The van der Waals surface area contributed by atoms with Gasteiger partial charge < -0.3 is 10.3 Å². The van der Waals surface area contributed by atoms with Crippen molar-refractivity contribution in [2.75, 3.05) is 11.1 Å². The highest BCUT2D eigenvalue weighted by Gasteiger charge is 2.15. The smallest absolute Gasteiger partial charge is 0.278 e. The topological polar surface area (TPSA) is 79.8 Å². The fourth-order valence-electron chi connectivity index (χ4n) is 2.96. The van der Waals surface area contributed by atoms with Gasteiger partial charge in [-0.1, -0.05) is 37.7 Å². The molecule has 0 aliphatic heterocycles. The predicted molar refractivity (Wildman–Crippen MR) is 115 cm³/mol. The minimum atomic E-state index is -0.120. The highest BCUT2D eigenvalue weighted by molar-refractivity contribution is 7.99. The highest BCUT2D eigenvalue weighted by atomic mass is 32.2. The molecule has 1 aromatic carbocycles. The van der Waals surface area contributed by atoms with Crippen LogP contribution in [0.15, 0.2) is 40.3 Å². The van der Waals surface area contributed by atoms with Crippen LogP contribution in [0.1, 0.15) is 31.5 Å². The summed E-state index contributed by atoms with van der Waals surface area (Å²) < 4.78 is 1.68. The van der Waals surface area contributed by atoms with E-state index in [0.29, 0.717) is 28.7 Å². The lowest BCUT2D eigenvalue weighted by Gasteiger charge is -2.13. The predicted octanol–water partition coefficient (Wildman–Crippen LogP) is 4.12. The molecule has 3 aromatic rings. The third-order valence-corrected chi connectivity index (χ3v) is 5.38. The number of aromatic nitrogens is 3. The van der Waals surface area contributed by atoms with Crippen LogP contribution >= 0.6 is 11.8 Å². The molecule has 1 amide bonds. The lowest BCUT2D eigenvalue weighted by atomic mass is 10.1. The standard InChI is InChI=1S/C21H26N4O2S/c1-13(2)8-9-25-20(27)19-17(11-15(4)22-19)24-21(25)28-12-18(26)23-16-7-5-6-14(3)10-16/h5-7,10-11,13,22H,8-9,12H2,1-4H3,(H,23,26). The normalized spacial score (nSPS) is 11.3. The first kappa shape index (κ1) is 20.2. The van der Waals surface area contributed by atoms with Crippen LogP contribution in [0.3, 0.4) is 0 Å². The molecule has 0 unspecified atom stereocenters. The zero-order valence-electron chi connectivity index (χ0n) is 16.7. The van der Waals surface area contributed by atoms with E-state index in [4.69, 9.17) is 0 Å². The minimum Gasteiger partial charge on any atom is -0.353 e. The molecular weight excluding hydrogens is 372 g/mol. The van der Waals surface area contributed by atoms with E-state index in [-0.39, 0.29) is 17.2 Å². The van der Waals surface area contributed by atoms with Crippen molar-refractivity contribution in [1.82, 2.24) is 14.5 Å². The van der Waals surface area contributed by atoms with E-state index >= 15 is 0 Å². The molecule has 0 bridgehead atoms. The second-order valence-electron chi connectivity index (χ2n) is 7.45. The number of carbonyl (C=O) groups is 1. The summed E-state index contributed by atoms with van der Waals surface area (Å²) in [7, 11) is 0. The number of amides is 1. The molecule has 0 atom stereocenters. The molecule has 0 saturated carbocycles. The second-order valence-corrected chi connectivity index (χ2v) is 8.40. The van der Waals surface area contributed by atoms with Crippen molar-refractivity contribution in [3.8, 4) is 0 Å². The van der Waals surface area contributed by atoms with Crippen LogP contribution in [0.25, 0.3) is 11.0 Å². The average molecular weight is 399 g/mol. The van der Waals surface area contributed by atoms with Crippen LogP contribution in [0.4, 0.5) is 5.69 Å². The van der Waals surface area contributed by atoms with Gasteiger partial charge in [0.15, 0.2) is 5.16 Å². The largest absolute Gasteiger partial charge is 0.353 e. The number of nitrogens with zero attached hydrogens (tertiary/aromatic N) is 2. The number of anilines is 1. The van der Waals surface area contributed by atoms with Crippen LogP contribution in [-0.2, 0) is 11.3 Å². The molecule has 3 rings (SSSR count). The molecule has 0 aliphatic carbocycles. The summed E-state index contributed by atoms with van der Waals surface area (Å²) in [5, 5.41) is 3.48. The number of nitrogens with one attached hydrogen (secondary N) is 2. The zero-order valence-corrected chi connectivity index (χ0v) is 17.5. The molecule has 7 heteroatoms. The van der Waals surface area contributed by atoms with E-state index in [0.717, 1.165) is 23.4 Å². The summed E-state index contributed by atoms with van der Waals surface area (Å²) in [6.07, 6.45) is 0.871. The van der Waals surface area contributed by atoms with Crippen LogP contribution < -0.4 is 10.9 Å². The van der Waals surface area contributed by atoms with Crippen LogP contribution in [0.5, 0.6) is 0 Å². The molecule has 0 spiro atoms. The van der Waals surface area contributed by atoms with E-state index < -0.39 is 0 Å². The van der Waals surface area contributed by atoms with Gasteiger partial charge in [-0.2, -0.15) is 0 Å². The van der Waals surface area contributed by atoms with E-state index in [2.05, 4.69) is 29.1 Å². The lowest BCUT2D eigenvalue weighted by molar-refractivity contribution is -0.113. The number of rotatable bonds is 7. The van der Waals surface area contributed by atoms with E-state index in [1.165, 1.54) is 11.8 Å². The summed E-state index contributed by atoms with van der Waals surface area (Å²) in [4.78, 5) is 33.0. The monoisotopic (exact) mass is 398 g/mol. The van der Waals surface area contributed by atoms with Gasteiger partial charge in [-0.25, -0.2) is 4.98 Å². The third kappa shape index (κ3) is 4.84. The molecule has 0 saturated heterocycles. The maximum absolute atomic E-state index is 12.9. The van der Waals surface area contributed by atoms with Crippen LogP contribution in [-0.4, -0.2) is 26.2 Å². The van der Waals surface area contributed by atoms with Crippen molar-refractivity contribution in [3.63, 3.8) is 0 Å². The zero-order chi connectivity index (χ0) is 20.3. The van der Waals surface area contributed by atoms with Crippen molar-refractivity contribution in [3.05, 3.63) is 51.9 Å². The number of hydrogen-bond donors (Lipinski definition) is 2. The highest BCUT2D eigenvalue weighted by Crippen LogP contribution is 2.20. The summed E-state index contributed by atoms with van der Waals surface area (Å²) in [6, 6.07) is 9.54. The van der Waals surface area contributed by atoms with Crippen molar-refractivity contribution in [2.45, 2.75) is 45.8 Å². The molecule has 2 N–H and O–H groups in total. The molecule has 28 heavy (non-hydrogen) atoms. The van der Waals surface area contributed by atoms with Gasteiger partial charge in [0.2, 0.25) is 5.91 Å². The maximum Gasteiger partial charge on any atom is 0.278 e. The SMILES string of the molecule is Cc1cccc(NC(=O)CSc2nc3cc(C)[nH]c3c(=O)n2CCC(C)C)c1. The Labute approximate surface area is 168 Å². The fraction of sp³-hybridized carbons (Fsp3) is 0.381. The quantitative estimate of drug-likeness (QED) is 0.463. The van der Waals surface area contributed by atoms with Gasteiger partial charge in [-0.3, -0.25) is 14.2 Å². The van der Waals surface area contributed by atoms with Crippen molar-refractivity contribution >= 4 is 34.4 Å². The molecule has 2 heterocycles. The van der Waals surface area contributed by atoms with Gasteiger partial charge in [0.25, 0.3) is 5.56 Å². The third-order valence-electron chi connectivity index (χ3n) is 4.40. The van der Waals surface area contributed by atoms with E-state index in [9.17, 15) is 9.59 Å². The Morgan fingerprint density at radius 2 is 2.07 bits per heavy atom. The number of H-pyrrole nitrogens is 1. The Morgan fingerprint density at radius 3 is 2.79 bits per heavy atom. The fourth-order valence-corrected chi connectivity index (χ4v) is 3.78. The Balaban J connectivity index is 1.81. The molecule has 0 aliphatic rings. The number of carbonyl (C=O) groups excluding carboxylic acids is 1. The maximum atomic E-state index is 12.9. The van der Waals surface area contributed by atoms with Crippen molar-refractivity contribution in [2.24, 2.45) is 5.92 Å². The summed E-state index contributed by atoms with van der Waals surface area (Å²) in [5.74, 6) is 0.540. The molecule has 148 valence electrons. The minimum absolute atomic E-state index is 0.0830. The number of benzene rings is 1. The second kappa shape index (κ2) is 8.65. The first-order valence-electron chi connectivity index (χ1n) is 9.43.